The molecule has 1 heterocycles. The quantitative estimate of drug-likeness (QED) is 0.351. The molecule has 1 saturated heterocycles. The summed E-state index contributed by atoms with van der Waals surface area (Å²) in [7, 11) is 0. The average Bonchev–Trinajstić information content (AvgIpc) is 2.85. The molecule has 6 heteroatoms. The standard InChI is InChI=1S/C27H27Cl2NO3/c28-22-10-11-24(26(29)18-22)21(12-13-30-14-16-32-17-15-30)19-33-27(31)25-9-5-4-8-23(25)20-6-2-1-3-7-20/h1-11,18,21H,12-17,19H2. The minimum absolute atomic E-state index is 0.0366. The van der Waals surface area contributed by atoms with Crippen LogP contribution >= 0.6 is 23.2 Å². The van der Waals surface area contributed by atoms with Crippen molar-refractivity contribution in [2.45, 2.75) is 12.3 Å². The van der Waals surface area contributed by atoms with Gasteiger partial charge in [-0.05, 0) is 47.9 Å². The van der Waals surface area contributed by atoms with Crippen molar-refractivity contribution in [1.82, 2.24) is 4.90 Å². The molecule has 4 rings (SSSR count). The van der Waals surface area contributed by atoms with Crippen LogP contribution in [0.3, 0.4) is 0 Å². The second kappa shape index (κ2) is 11.7. The van der Waals surface area contributed by atoms with Gasteiger partial charge in [0.25, 0.3) is 0 Å². The van der Waals surface area contributed by atoms with Gasteiger partial charge in [-0.3, -0.25) is 4.90 Å². The van der Waals surface area contributed by atoms with Gasteiger partial charge < -0.3 is 9.47 Å². The molecule has 1 atom stereocenters. The van der Waals surface area contributed by atoms with Crippen LogP contribution < -0.4 is 0 Å². The maximum absolute atomic E-state index is 13.1. The second-order valence-electron chi connectivity index (χ2n) is 8.12. The molecule has 172 valence electrons. The van der Waals surface area contributed by atoms with Gasteiger partial charge in [-0.1, -0.05) is 77.8 Å². The highest BCUT2D eigenvalue weighted by Crippen LogP contribution is 2.31. The number of nitrogens with zero attached hydrogens (tertiary/aromatic N) is 1. The molecule has 4 nitrogen and oxygen atoms in total. The van der Waals surface area contributed by atoms with E-state index in [1.165, 1.54) is 0 Å². The van der Waals surface area contributed by atoms with Gasteiger partial charge in [0.05, 0.1) is 25.4 Å². The van der Waals surface area contributed by atoms with Gasteiger partial charge in [0.2, 0.25) is 0 Å². The lowest BCUT2D eigenvalue weighted by Gasteiger charge is -2.28. The van der Waals surface area contributed by atoms with Gasteiger partial charge in [0.15, 0.2) is 0 Å². The van der Waals surface area contributed by atoms with E-state index in [9.17, 15) is 4.79 Å². The van der Waals surface area contributed by atoms with E-state index in [0.29, 0.717) is 15.6 Å². The molecule has 3 aromatic carbocycles. The summed E-state index contributed by atoms with van der Waals surface area (Å²) in [6.07, 6.45) is 0.814. The summed E-state index contributed by atoms with van der Waals surface area (Å²) in [5.41, 5.74) is 3.34. The molecule has 0 aliphatic carbocycles. The van der Waals surface area contributed by atoms with Crippen molar-refractivity contribution in [1.29, 1.82) is 0 Å². The summed E-state index contributed by atoms with van der Waals surface area (Å²) in [5, 5.41) is 1.18. The molecular weight excluding hydrogens is 457 g/mol. The van der Waals surface area contributed by atoms with Gasteiger partial charge in [-0.2, -0.15) is 0 Å². The first kappa shape index (κ1) is 23.8. The second-order valence-corrected chi connectivity index (χ2v) is 8.96. The van der Waals surface area contributed by atoms with Crippen LogP contribution in [0.4, 0.5) is 0 Å². The summed E-state index contributed by atoms with van der Waals surface area (Å²) in [6.45, 7) is 4.44. The third-order valence-electron chi connectivity index (χ3n) is 5.95. The third-order valence-corrected chi connectivity index (χ3v) is 6.51. The Hall–Kier alpha value is -2.37. The molecule has 1 aliphatic heterocycles. The summed E-state index contributed by atoms with van der Waals surface area (Å²) in [4.78, 5) is 15.5. The van der Waals surface area contributed by atoms with Crippen LogP contribution in [0, 0.1) is 0 Å². The Kier molecular flexibility index (Phi) is 8.40. The molecule has 0 radical (unpaired) electrons. The molecular formula is C27H27Cl2NO3. The monoisotopic (exact) mass is 483 g/mol. The Bertz CT molecular complexity index is 1070. The van der Waals surface area contributed by atoms with Crippen LogP contribution in [0.5, 0.6) is 0 Å². The Morgan fingerprint density at radius 1 is 0.970 bits per heavy atom. The van der Waals surface area contributed by atoms with E-state index >= 15 is 0 Å². The molecule has 0 aromatic heterocycles. The molecule has 33 heavy (non-hydrogen) atoms. The number of benzene rings is 3. The van der Waals surface area contributed by atoms with E-state index in [1.807, 2.05) is 66.7 Å². The van der Waals surface area contributed by atoms with E-state index in [2.05, 4.69) is 4.90 Å². The highest BCUT2D eigenvalue weighted by atomic mass is 35.5. The van der Waals surface area contributed by atoms with Crippen molar-refractivity contribution >= 4 is 29.2 Å². The normalized spacial score (nSPS) is 15.2. The lowest BCUT2D eigenvalue weighted by atomic mass is 9.95. The van der Waals surface area contributed by atoms with E-state index in [0.717, 1.165) is 56.0 Å². The van der Waals surface area contributed by atoms with Crippen LogP contribution in [0.25, 0.3) is 11.1 Å². The summed E-state index contributed by atoms with van der Waals surface area (Å²) in [5.74, 6) is -0.374. The minimum Gasteiger partial charge on any atom is -0.461 e. The topological polar surface area (TPSA) is 38.8 Å². The van der Waals surface area contributed by atoms with E-state index in [1.54, 1.807) is 6.07 Å². The van der Waals surface area contributed by atoms with Gasteiger partial charge >= 0.3 is 5.97 Å². The van der Waals surface area contributed by atoms with Crippen molar-refractivity contribution in [2.75, 3.05) is 39.5 Å². The third kappa shape index (κ3) is 6.36. The number of halogens is 2. The van der Waals surface area contributed by atoms with Gasteiger partial charge in [-0.15, -0.1) is 0 Å². The first-order valence-electron chi connectivity index (χ1n) is 11.2. The number of morpholine rings is 1. The highest BCUT2D eigenvalue weighted by molar-refractivity contribution is 6.35. The first-order valence-corrected chi connectivity index (χ1v) is 11.9. The molecule has 0 N–H and O–H groups in total. The zero-order valence-corrected chi connectivity index (χ0v) is 19.9. The highest BCUT2D eigenvalue weighted by Gasteiger charge is 2.21. The molecule has 1 unspecified atom stereocenters. The number of rotatable bonds is 8. The summed E-state index contributed by atoms with van der Waals surface area (Å²) >= 11 is 12.6. The smallest absolute Gasteiger partial charge is 0.338 e. The molecule has 1 aliphatic rings. The Morgan fingerprint density at radius 2 is 1.70 bits per heavy atom. The molecule has 0 spiro atoms. The van der Waals surface area contributed by atoms with Crippen molar-refractivity contribution in [3.8, 4) is 11.1 Å². The number of hydrogen-bond acceptors (Lipinski definition) is 4. The molecule has 3 aromatic rings. The Labute approximate surface area is 205 Å². The van der Waals surface area contributed by atoms with Crippen LogP contribution in [0.1, 0.15) is 28.3 Å². The largest absolute Gasteiger partial charge is 0.461 e. The maximum Gasteiger partial charge on any atom is 0.338 e. The van der Waals surface area contributed by atoms with Crippen LogP contribution in [-0.2, 0) is 9.47 Å². The lowest BCUT2D eigenvalue weighted by molar-refractivity contribution is 0.0330. The fourth-order valence-electron chi connectivity index (χ4n) is 4.11. The van der Waals surface area contributed by atoms with Crippen molar-refractivity contribution < 1.29 is 14.3 Å². The van der Waals surface area contributed by atoms with Crippen molar-refractivity contribution in [2.24, 2.45) is 0 Å². The van der Waals surface area contributed by atoms with Gasteiger partial charge in [-0.25, -0.2) is 4.79 Å². The number of carbonyl (C=O) groups is 1. The lowest BCUT2D eigenvalue weighted by Crippen LogP contribution is -2.37. The molecule has 1 fully saturated rings. The molecule has 0 amide bonds. The number of ether oxygens (including phenoxy) is 2. The van der Waals surface area contributed by atoms with E-state index in [4.69, 9.17) is 32.7 Å². The average molecular weight is 484 g/mol. The number of hydrogen-bond donors (Lipinski definition) is 0. The summed E-state index contributed by atoms with van der Waals surface area (Å²) < 4.78 is 11.3. The fourth-order valence-corrected chi connectivity index (χ4v) is 4.67. The first-order chi connectivity index (χ1) is 16.1. The number of carbonyl (C=O) groups excluding carboxylic acids is 1. The van der Waals surface area contributed by atoms with Crippen LogP contribution in [0.2, 0.25) is 10.0 Å². The Morgan fingerprint density at radius 3 is 2.45 bits per heavy atom. The van der Waals surface area contributed by atoms with E-state index < -0.39 is 0 Å². The van der Waals surface area contributed by atoms with E-state index in [-0.39, 0.29) is 18.5 Å². The fraction of sp³-hybridized carbons (Fsp3) is 0.296. The van der Waals surface area contributed by atoms with Gasteiger partial charge in [0.1, 0.15) is 0 Å². The van der Waals surface area contributed by atoms with Crippen LogP contribution in [-0.4, -0.2) is 50.3 Å². The molecule has 0 bridgehead atoms. The van der Waals surface area contributed by atoms with Crippen molar-refractivity contribution in [3.63, 3.8) is 0 Å². The van der Waals surface area contributed by atoms with Gasteiger partial charge in [0, 0.05) is 29.1 Å². The minimum atomic E-state index is -0.337. The SMILES string of the molecule is O=C(OCC(CCN1CCOCC1)c1ccc(Cl)cc1Cl)c1ccccc1-c1ccccc1. The zero-order valence-electron chi connectivity index (χ0n) is 18.4. The molecule has 0 saturated carbocycles. The van der Waals surface area contributed by atoms with Crippen LogP contribution in [0.15, 0.2) is 72.8 Å². The number of esters is 1. The Balaban J connectivity index is 1.50. The van der Waals surface area contributed by atoms with Crippen molar-refractivity contribution in [3.05, 3.63) is 94.0 Å². The maximum atomic E-state index is 13.1. The summed E-state index contributed by atoms with van der Waals surface area (Å²) in [6, 6.07) is 22.9. The predicted octanol–water partition coefficient (Wildman–Crippen LogP) is 6.32. The zero-order chi connectivity index (χ0) is 23.0. The predicted molar refractivity (Wildman–Crippen MR) is 133 cm³/mol.